The molecule has 6 heterocycles. The third-order valence-corrected chi connectivity index (χ3v) is 10.5. The Morgan fingerprint density at radius 1 is 1.04 bits per heavy atom. The number of likely N-dealkylation sites (tertiary alicyclic amines) is 1. The first kappa shape index (κ1) is 38.7. The van der Waals surface area contributed by atoms with Crippen molar-refractivity contribution in [2.45, 2.75) is 90.1 Å². The van der Waals surface area contributed by atoms with E-state index in [0.717, 1.165) is 41.5 Å². The molecule has 14 nitrogen and oxygen atoms in total. The molecule has 0 saturated carbocycles. The normalized spacial score (nSPS) is 19.4. The average Bonchev–Trinajstić information content (AvgIpc) is 3.68. The summed E-state index contributed by atoms with van der Waals surface area (Å²) in [6, 6.07) is 9.66. The molecule has 296 valence electrons. The topological polar surface area (TPSA) is 155 Å². The molecule has 0 unspecified atom stereocenters. The Kier molecular flexibility index (Phi) is 10.7. The number of nitrogens with zero attached hydrogens (tertiary/aromatic N) is 6. The SMILES string of the molecule is COc1cc(C(=O)N2CC[C@@H](OC)[C@@H](NC(=O)OC(C)(C)C)C2)cc2nc(-c3cc4ccc5nc4n3CCCCCc3nccc(F)c3C(=O)N[C@@H]5C)n(C)c12. The minimum atomic E-state index is -0.671. The molecule has 1 fully saturated rings. The predicted molar refractivity (Wildman–Crippen MR) is 208 cm³/mol. The van der Waals surface area contributed by atoms with Crippen molar-refractivity contribution < 1.29 is 33.0 Å². The lowest BCUT2D eigenvalue weighted by Gasteiger charge is -2.38. The van der Waals surface area contributed by atoms with Crippen molar-refractivity contribution >= 4 is 40.0 Å². The number of imidazole rings is 1. The molecule has 5 aromatic rings. The van der Waals surface area contributed by atoms with Crippen LogP contribution in [0.2, 0.25) is 0 Å². The molecule has 2 aliphatic rings. The van der Waals surface area contributed by atoms with Crippen LogP contribution in [0.1, 0.15) is 91.5 Å². The van der Waals surface area contributed by atoms with Gasteiger partial charge in [-0.3, -0.25) is 14.6 Å². The molecule has 3 atom stereocenters. The average molecular weight is 769 g/mol. The molecule has 1 saturated heterocycles. The van der Waals surface area contributed by atoms with Crippen molar-refractivity contribution in [3.63, 3.8) is 0 Å². The van der Waals surface area contributed by atoms with Gasteiger partial charge in [-0.1, -0.05) is 6.42 Å². The highest BCUT2D eigenvalue weighted by Crippen LogP contribution is 2.35. The van der Waals surface area contributed by atoms with Crippen LogP contribution >= 0.6 is 0 Å². The van der Waals surface area contributed by atoms with E-state index in [1.165, 1.54) is 12.3 Å². The number of halogens is 1. The Morgan fingerprint density at radius 2 is 1.84 bits per heavy atom. The van der Waals surface area contributed by atoms with E-state index in [9.17, 15) is 18.8 Å². The number of fused-ring (bicyclic) bond motifs is 3. The number of aromatic nitrogens is 5. The number of nitrogens with one attached hydrogen (secondary N) is 2. The fourth-order valence-corrected chi connectivity index (χ4v) is 7.78. The number of amides is 3. The van der Waals surface area contributed by atoms with Crippen molar-refractivity contribution in [2.75, 3.05) is 27.3 Å². The van der Waals surface area contributed by atoms with Gasteiger partial charge in [0.2, 0.25) is 0 Å². The quantitative estimate of drug-likeness (QED) is 0.216. The van der Waals surface area contributed by atoms with Gasteiger partial charge in [-0.2, -0.15) is 0 Å². The van der Waals surface area contributed by atoms with Crippen LogP contribution in [0.4, 0.5) is 9.18 Å². The molecule has 2 N–H and O–H groups in total. The first-order chi connectivity index (χ1) is 26.8. The molecule has 56 heavy (non-hydrogen) atoms. The van der Waals surface area contributed by atoms with E-state index in [0.29, 0.717) is 60.0 Å². The molecule has 4 aromatic heterocycles. The monoisotopic (exact) mass is 768 g/mol. The Hall–Kier alpha value is -5.57. The van der Waals surface area contributed by atoms with E-state index < -0.39 is 35.5 Å². The summed E-state index contributed by atoms with van der Waals surface area (Å²) in [5.74, 6) is -0.159. The van der Waals surface area contributed by atoms with Gasteiger partial charge in [-0.05, 0) is 89.8 Å². The van der Waals surface area contributed by atoms with Crippen LogP contribution in [0, 0.1) is 5.82 Å². The molecular formula is C41H49FN8O6. The van der Waals surface area contributed by atoms with Gasteiger partial charge in [0.05, 0.1) is 53.5 Å². The van der Waals surface area contributed by atoms with E-state index in [2.05, 4.69) is 26.3 Å². The number of carbonyl (C=O) groups is 3. The number of piperidine rings is 1. The fraction of sp³-hybridized carbons (Fsp3) is 0.463. The predicted octanol–water partition coefficient (Wildman–Crippen LogP) is 6.10. The summed E-state index contributed by atoms with van der Waals surface area (Å²) in [4.78, 5) is 56.3. The molecule has 1 aromatic carbocycles. The number of benzene rings is 1. The molecular weight excluding hydrogens is 719 g/mol. The molecule has 7 rings (SSSR count). The summed E-state index contributed by atoms with van der Waals surface area (Å²) < 4.78 is 36.0. The number of pyridine rings is 2. The smallest absolute Gasteiger partial charge is 0.408 e. The molecule has 15 heteroatoms. The lowest BCUT2D eigenvalue weighted by Crippen LogP contribution is -2.57. The number of hydrogen-bond acceptors (Lipinski definition) is 9. The molecule has 0 spiro atoms. The second kappa shape index (κ2) is 15.5. The Balaban J connectivity index is 1.22. The zero-order valence-corrected chi connectivity index (χ0v) is 32.9. The maximum Gasteiger partial charge on any atom is 0.408 e. The highest BCUT2D eigenvalue weighted by molar-refractivity contribution is 6.00. The zero-order valence-electron chi connectivity index (χ0n) is 32.9. The van der Waals surface area contributed by atoms with Crippen LogP contribution in [0.5, 0.6) is 5.75 Å². The van der Waals surface area contributed by atoms with Gasteiger partial charge in [0.15, 0.2) is 5.82 Å². The third kappa shape index (κ3) is 7.64. The first-order valence-electron chi connectivity index (χ1n) is 19.1. The summed E-state index contributed by atoms with van der Waals surface area (Å²) in [5, 5.41) is 6.73. The van der Waals surface area contributed by atoms with Crippen molar-refractivity contribution in [1.82, 2.24) is 39.6 Å². The second-order valence-electron chi connectivity index (χ2n) is 15.6. The van der Waals surface area contributed by atoms with Crippen molar-refractivity contribution in [3.05, 3.63) is 70.9 Å². The molecule has 3 amide bonds. The number of carbonyl (C=O) groups excluding carboxylic acids is 3. The van der Waals surface area contributed by atoms with Crippen LogP contribution in [0.3, 0.4) is 0 Å². The van der Waals surface area contributed by atoms with Crippen molar-refractivity contribution in [1.29, 1.82) is 0 Å². The highest BCUT2D eigenvalue weighted by Gasteiger charge is 2.35. The Morgan fingerprint density at radius 3 is 2.59 bits per heavy atom. The zero-order chi connectivity index (χ0) is 39.9. The van der Waals surface area contributed by atoms with Crippen LogP contribution in [0.15, 0.2) is 42.6 Å². The van der Waals surface area contributed by atoms with Gasteiger partial charge < -0.3 is 38.9 Å². The van der Waals surface area contributed by atoms with Crippen molar-refractivity contribution in [3.8, 4) is 17.3 Å². The van der Waals surface area contributed by atoms with Crippen molar-refractivity contribution in [2.24, 2.45) is 7.05 Å². The minimum absolute atomic E-state index is 0.0136. The van der Waals surface area contributed by atoms with Crippen LogP contribution in [-0.2, 0) is 29.5 Å². The Labute approximate surface area is 324 Å². The number of ether oxygens (including phenoxy) is 3. The molecule has 0 aliphatic carbocycles. The van der Waals surface area contributed by atoms with Gasteiger partial charge in [-0.25, -0.2) is 19.2 Å². The summed E-state index contributed by atoms with van der Waals surface area (Å²) in [6.45, 7) is 8.53. The number of hydrogen-bond donors (Lipinski definition) is 2. The van der Waals surface area contributed by atoms with Gasteiger partial charge in [0.1, 0.15) is 28.3 Å². The van der Waals surface area contributed by atoms with E-state index in [1.807, 2.05) is 30.7 Å². The number of aryl methyl sites for hydroxylation is 3. The number of alkyl carbamates (subject to hydrolysis) is 1. The largest absolute Gasteiger partial charge is 0.494 e. The van der Waals surface area contributed by atoms with Gasteiger partial charge in [0.25, 0.3) is 11.8 Å². The van der Waals surface area contributed by atoms with E-state index >= 15 is 0 Å². The standard InChI is InChI=1S/C41H49FN8O6/c1-23-27-13-12-24-20-31(50(36(24)45-27)17-10-8-9-11-28-34(38(51)44-23)26(42)14-16-43-28)37-46-29-19-25(21-33(55-7)35(29)48(37)5)39(52)49-18-15-32(54-6)30(22-49)47-40(53)56-41(2,3)4/h12-14,16,19-21,23,30,32H,8-11,15,17-18,22H2,1-7H3,(H,44,51)(H,47,53)/t23-,30+,32-/m1/s1. The van der Waals surface area contributed by atoms with Crippen LogP contribution < -0.4 is 15.4 Å². The number of methoxy groups -OCH3 is 2. The summed E-state index contributed by atoms with van der Waals surface area (Å²) >= 11 is 0. The fourth-order valence-electron chi connectivity index (χ4n) is 7.78. The summed E-state index contributed by atoms with van der Waals surface area (Å²) in [7, 11) is 5.09. The van der Waals surface area contributed by atoms with Crippen LogP contribution in [0.25, 0.3) is 33.6 Å². The Bertz CT molecular complexity index is 2310. The second-order valence-corrected chi connectivity index (χ2v) is 15.6. The maximum atomic E-state index is 14.9. The van der Waals surface area contributed by atoms with E-state index in [-0.39, 0.29) is 24.1 Å². The third-order valence-electron chi connectivity index (χ3n) is 10.5. The lowest BCUT2D eigenvalue weighted by atomic mass is 10.0. The molecule has 0 radical (unpaired) electrons. The highest BCUT2D eigenvalue weighted by atomic mass is 19.1. The van der Waals surface area contributed by atoms with E-state index in [1.54, 1.807) is 52.0 Å². The molecule has 2 aliphatic heterocycles. The van der Waals surface area contributed by atoms with Gasteiger partial charge in [0, 0.05) is 50.9 Å². The number of rotatable bonds is 5. The van der Waals surface area contributed by atoms with Crippen LogP contribution in [-0.4, -0.2) is 91.9 Å². The summed E-state index contributed by atoms with van der Waals surface area (Å²) in [6.07, 6.45) is 3.89. The lowest BCUT2D eigenvalue weighted by molar-refractivity contribution is 0.00320. The molecule has 2 bridgehead atoms. The summed E-state index contributed by atoms with van der Waals surface area (Å²) in [5.41, 5.74) is 3.70. The maximum absolute atomic E-state index is 14.9. The van der Waals surface area contributed by atoms with E-state index in [4.69, 9.17) is 24.2 Å². The minimum Gasteiger partial charge on any atom is -0.494 e. The van der Waals surface area contributed by atoms with Gasteiger partial charge >= 0.3 is 6.09 Å². The first-order valence-corrected chi connectivity index (χ1v) is 19.1. The van der Waals surface area contributed by atoms with Gasteiger partial charge in [-0.15, -0.1) is 0 Å².